The molecule has 2 aromatic rings. The molecule has 0 heterocycles. The monoisotopic (exact) mass is 334 g/mol. The van der Waals surface area contributed by atoms with Crippen molar-refractivity contribution >= 4 is 35.2 Å². The number of aryl methyl sites for hydroxylation is 1. The predicted octanol–water partition coefficient (Wildman–Crippen LogP) is 3.45. The highest BCUT2D eigenvalue weighted by molar-refractivity contribution is 7.98. The minimum atomic E-state index is -0.399. The highest BCUT2D eigenvalue weighted by Gasteiger charge is 2.12. The first kappa shape index (κ1) is 16.4. The van der Waals surface area contributed by atoms with E-state index in [9.17, 15) is 9.59 Å². The lowest BCUT2D eigenvalue weighted by Gasteiger charge is -2.10. The molecule has 22 heavy (non-hydrogen) atoms. The van der Waals surface area contributed by atoms with Crippen LogP contribution >= 0.6 is 23.4 Å². The summed E-state index contributed by atoms with van der Waals surface area (Å²) < 4.78 is 0. The molecule has 6 heteroatoms. The molecule has 0 fully saturated rings. The first-order valence-corrected chi connectivity index (χ1v) is 8.12. The first-order chi connectivity index (χ1) is 10.5. The number of rotatable bonds is 3. The molecule has 0 saturated carbocycles. The van der Waals surface area contributed by atoms with E-state index in [0.29, 0.717) is 16.1 Å². The maximum Gasteiger partial charge on any atom is 0.270 e. The van der Waals surface area contributed by atoms with Crippen LogP contribution in [0, 0.1) is 6.92 Å². The molecule has 0 saturated heterocycles. The Morgan fingerprint density at radius 2 is 1.64 bits per heavy atom. The molecule has 0 unspecified atom stereocenters. The van der Waals surface area contributed by atoms with Crippen LogP contribution in [-0.2, 0) is 0 Å². The summed E-state index contributed by atoms with van der Waals surface area (Å²) in [6.07, 6.45) is 1.94. The second-order valence-corrected chi connectivity index (χ2v) is 5.91. The van der Waals surface area contributed by atoms with E-state index in [1.54, 1.807) is 42.1 Å². The molecule has 114 valence electrons. The molecule has 2 rings (SSSR count). The molecule has 4 nitrogen and oxygen atoms in total. The second-order valence-electron chi connectivity index (χ2n) is 4.60. The Labute approximate surface area is 138 Å². The summed E-state index contributed by atoms with van der Waals surface area (Å²) in [6.45, 7) is 1.85. The minimum absolute atomic E-state index is 0.351. The van der Waals surface area contributed by atoms with Crippen molar-refractivity contribution in [2.45, 2.75) is 11.8 Å². The Morgan fingerprint density at radius 1 is 1.00 bits per heavy atom. The van der Waals surface area contributed by atoms with Crippen molar-refractivity contribution in [2.75, 3.05) is 6.26 Å². The molecule has 0 radical (unpaired) electrons. The zero-order chi connectivity index (χ0) is 16.1. The summed E-state index contributed by atoms with van der Waals surface area (Å²) in [5.74, 6) is -0.751. The Bertz CT molecular complexity index is 702. The third kappa shape index (κ3) is 4.02. The van der Waals surface area contributed by atoms with Gasteiger partial charge in [0.2, 0.25) is 0 Å². The van der Waals surface area contributed by atoms with Crippen molar-refractivity contribution in [3.63, 3.8) is 0 Å². The van der Waals surface area contributed by atoms with Gasteiger partial charge in [0.1, 0.15) is 0 Å². The molecule has 0 aliphatic rings. The van der Waals surface area contributed by atoms with Crippen molar-refractivity contribution in [2.24, 2.45) is 0 Å². The molecule has 0 aliphatic heterocycles. The predicted molar refractivity (Wildman–Crippen MR) is 89.3 cm³/mol. The van der Waals surface area contributed by atoms with Crippen LogP contribution in [0.25, 0.3) is 0 Å². The van der Waals surface area contributed by atoms with Crippen molar-refractivity contribution in [1.29, 1.82) is 0 Å². The van der Waals surface area contributed by atoms with Crippen LogP contribution in [-0.4, -0.2) is 18.1 Å². The number of amides is 2. The van der Waals surface area contributed by atoms with Gasteiger partial charge in [0.25, 0.3) is 11.8 Å². The molecule has 0 aromatic heterocycles. The van der Waals surface area contributed by atoms with E-state index in [4.69, 9.17) is 11.6 Å². The van der Waals surface area contributed by atoms with Gasteiger partial charge in [-0.1, -0.05) is 17.7 Å². The smallest absolute Gasteiger partial charge is 0.267 e. The van der Waals surface area contributed by atoms with Gasteiger partial charge in [-0.3, -0.25) is 20.4 Å². The highest BCUT2D eigenvalue weighted by Crippen LogP contribution is 2.18. The first-order valence-electron chi connectivity index (χ1n) is 6.52. The van der Waals surface area contributed by atoms with Crippen molar-refractivity contribution in [3.8, 4) is 0 Å². The van der Waals surface area contributed by atoms with Gasteiger partial charge >= 0.3 is 0 Å². The highest BCUT2D eigenvalue weighted by atomic mass is 35.5. The molecular formula is C16H15ClN2O2S. The lowest BCUT2D eigenvalue weighted by Crippen LogP contribution is -2.41. The molecule has 0 atom stereocenters. The van der Waals surface area contributed by atoms with E-state index >= 15 is 0 Å². The average molecular weight is 335 g/mol. The second kappa shape index (κ2) is 7.33. The molecule has 2 amide bonds. The minimum Gasteiger partial charge on any atom is -0.267 e. The molecule has 0 spiro atoms. The van der Waals surface area contributed by atoms with Crippen LogP contribution in [0.5, 0.6) is 0 Å². The zero-order valence-corrected chi connectivity index (χ0v) is 13.7. The number of thioether (sulfide) groups is 1. The Hall–Kier alpha value is -1.98. The lowest BCUT2D eigenvalue weighted by molar-refractivity contribution is 0.0846. The molecular weight excluding hydrogens is 320 g/mol. The summed E-state index contributed by atoms with van der Waals surface area (Å²) in [6, 6.07) is 12.0. The van der Waals surface area contributed by atoms with Gasteiger partial charge in [0.15, 0.2) is 0 Å². The maximum absolute atomic E-state index is 12.2. The van der Waals surface area contributed by atoms with Crippen LogP contribution in [0.2, 0.25) is 5.02 Å². The van der Waals surface area contributed by atoms with E-state index in [2.05, 4.69) is 10.9 Å². The third-order valence-corrected chi connectivity index (χ3v) is 4.06. The van der Waals surface area contributed by atoms with Gasteiger partial charge < -0.3 is 0 Å². The summed E-state index contributed by atoms with van der Waals surface area (Å²) in [5.41, 5.74) is 6.61. The van der Waals surface area contributed by atoms with Crippen LogP contribution in [0.1, 0.15) is 26.3 Å². The summed E-state index contributed by atoms with van der Waals surface area (Å²) in [7, 11) is 0. The largest absolute Gasteiger partial charge is 0.270 e. The Morgan fingerprint density at radius 3 is 2.27 bits per heavy atom. The fraction of sp³-hybridized carbons (Fsp3) is 0.125. The number of carbonyl (C=O) groups is 2. The van der Waals surface area contributed by atoms with E-state index in [1.165, 1.54) is 0 Å². The number of benzene rings is 2. The van der Waals surface area contributed by atoms with E-state index in [-0.39, 0.29) is 5.91 Å². The molecule has 2 aromatic carbocycles. The van der Waals surface area contributed by atoms with Gasteiger partial charge in [-0.25, -0.2) is 0 Å². The van der Waals surface area contributed by atoms with Crippen LogP contribution in [0.3, 0.4) is 0 Å². The van der Waals surface area contributed by atoms with Gasteiger partial charge in [0.05, 0.1) is 0 Å². The van der Waals surface area contributed by atoms with Crippen LogP contribution in [0.15, 0.2) is 47.4 Å². The topological polar surface area (TPSA) is 58.2 Å². The maximum atomic E-state index is 12.2. The van der Waals surface area contributed by atoms with Crippen LogP contribution < -0.4 is 10.9 Å². The van der Waals surface area contributed by atoms with Gasteiger partial charge in [-0.15, -0.1) is 11.8 Å². The fourth-order valence-electron chi connectivity index (χ4n) is 1.83. The van der Waals surface area contributed by atoms with E-state index in [0.717, 1.165) is 10.5 Å². The Balaban J connectivity index is 2.03. The quantitative estimate of drug-likeness (QED) is 0.667. The van der Waals surface area contributed by atoms with Crippen molar-refractivity contribution in [3.05, 3.63) is 64.2 Å². The number of halogens is 1. The summed E-state index contributed by atoms with van der Waals surface area (Å²) >= 11 is 7.32. The van der Waals surface area contributed by atoms with Crippen LogP contribution in [0.4, 0.5) is 0 Å². The number of nitrogens with one attached hydrogen (secondary N) is 2. The molecule has 2 N–H and O–H groups in total. The third-order valence-electron chi connectivity index (χ3n) is 3.09. The van der Waals surface area contributed by atoms with Crippen molar-refractivity contribution < 1.29 is 9.59 Å². The normalized spacial score (nSPS) is 10.1. The van der Waals surface area contributed by atoms with E-state index in [1.807, 2.05) is 25.3 Å². The summed E-state index contributed by atoms with van der Waals surface area (Å²) in [4.78, 5) is 25.1. The molecule has 0 bridgehead atoms. The van der Waals surface area contributed by atoms with Gasteiger partial charge in [-0.05, 0) is 55.1 Å². The zero-order valence-electron chi connectivity index (χ0n) is 12.1. The Kier molecular flexibility index (Phi) is 5.46. The standard InChI is InChI=1S/C16H15ClN2O2S/c1-10-3-8-13(22-2)9-14(10)16(21)19-18-15(20)11-4-6-12(17)7-5-11/h3-9H,1-2H3,(H,18,20)(H,19,21). The number of hydrazine groups is 1. The SMILES string of the molecule is CSc1ccc(C)c(C(=O)NNC(=O)c2ccc(Cl)cc2)c1. The number of carbonyl (C=O) groups excluding carboxylic acids is 2. The van der Waals surface area contributed by atoms with Crippen molar-refractivity contribution in [1.82, 2.24) is 10.9 Å². The number of hydrogen-bond acceptors (Lipinski definition) is 3. The molecule has 0 aliphatic carbocycles. The average Bonchev–Trinajstić information content (AvgIpc) is 2.53. The van der Waals surface area contributed by atoms with Gasteiger partial charge in [0, 0.05) is 21.0 Å². The van der Waals surface area contributed by atoms with Gasteiger partial charge in [-0.2, -0.15) is 0 Å². The fourth-order valence-corrected chi connectivity index (χ4v) is 2.39. The van der Waals surface area contributed by atoms with E-state index < -0.39 is 5.91 Å². The summed E-state index contributed by atoms with van der Waals surface area (Å²) in [5, 5.41) is 0.546. The lowest BCUT2D eigenvalue weighted by atomic mass is 10.1. The number of hydrogen-bond donors (Lipinski definition) is 2.